The highest BCUT2D eigenvalue weighted by Crippen LogP contribution is 2.43. The first kappa shape index (κ1) is 40.9. The van der Waals surface area contributed by atoms with Crippen molar-refractivity contribution in [3.63, 3.8) is 0 Å². The molecule has 0 saturated carbocycles. The van der Waals surface area contributed by atoms with Crippen LogP contribution in [-0.2, 0) is 39.2 Å². The van der Waals surface area contributed by atoms with E-state index in [-0.39, 0.29) is 32.0 Å². The minimum Gasteiger partial charge on any atom is -0.462 e. The maximum atomic E-state index is 12.6. The summed E-state index contributed by atoms with van der Waals surface area (Å²) in [5.74, 6) is -0.834. The fourth-order valence-electron chi connectivity index (χ4n) is 5.26. The van der Waals surface area contributed by atoms with Crippen molar-refractivity contribution in [1.82, 2.24) is 4.57 Å². The minimum absolute atomic E-state index is 0.0253. The molecule has 0 bridgehead atoms. The number of carbonyl (C=O) groups excluding carboxylic acids is 2. The molecule has 0 radical (unpaired) electrons. The van der Waals surface area contributed by atoms with E-state index in [4.69, 9.17) is 18.5 Å². The zero-order chi connectivity index (χ0) is 34.4. The number of benzene rings is 1. The fraction of sp³-hybridized carbons (Fsp3) is 0.722. The number of hydrogen-bond acceptors (Lipinski definition) is 7. The summed E-state index contributed by atoms with van der Waals surface area (Å²) in [5, 5.41) is 1.25. The Morgan fingerprint density at radius 1 is 0.787 bits per heavy atom. The van der Waals surface area contributed by atoms with Gasteiger partial charge in [0.15, 0.2) is 6.10 Å². The van der Waals surface area contributed by atoms with Crippen LogP contribution in [0.15, 0.2) is 36.5 Å². The standard InChI is InChI=1S/C36H61N2O8P/c1-5-6-7-8-9-10-11-13-16-23-35(39)43-30-33(31-45-47(41,42)44-29-28-38(2,3)4)46-36(40)24-17-14-12-15-20-26-37-27-25-32-21-18-19-22-34(32)37/h18-19,21-22,25,27,33H,5-17,20,23-24,26,28-31H2,1-4H3/p+1/t33-/m1/s1. The van der Waals surface area contributed by atoms with Gasteiger partial charge in [0.05, 0.1) is 27.7 Å². The summed E-state index contributed by atoms with van der Waals surface area (Å²) in [5.41, 5.74) is 1.25. The Morgan fingerprint density at radius 3 is 2.04 bits per heavy atom. The predicted octanol–water partition coefficient (Wildman–Crippen LogP) is 8.20. The highest BCUT2D eigenvalue weighted by atomic mass is 31.2. The van der Waals surface area contributed by atoms with Gasteiger partial charge >= 0.3 is 19.8 Å². The van der Waals surface area contributed by atoms with Crippen molar-refractivity contribution in [1.29, 1.82) is 0 Å². The van der Waals surface area contributed by atoms with Crippen LogP contribution in [0.2, 0.25) is 0 Å². The number of quaternary nitrogens is 1. The summed E-state index contributed by atoms with van der Waals surface area (Å²) in [6.45, 7) is 3.05. The lowest BCUT2D eigenvalue weighted by molar-refractivity contribution is -0.870. The number of unbranched alkanes of at least 4 members (excludes halogenated alkanes) is 12. The summed E-state index contributed by atoms with van der Waals surface area (Å²) in [7, 11) is 1.45. The molecule has 47 heavy (non-hydrogen) atoms. The van der Waals surface area contributed by atoms with Gasteiger partial charge < -0.3 is 23.4 Å². The van der Waals surface area contributed by atoms with Gasteiger partial charge in [0, 0.05) is 31.1 Å². The highest BCUT2D eigenvalue weighted by Gasteiger charge is 2.27. The number of hydrogen-bond donors (Lipinski definition) is 1. The molecule has 2 aromatic rings. The summed E-state index contributed by atoms with van der Waals surface area (Å²) in [6.07, 6.45) is 16.6. The number of nitrogens with zero attached hydrogens (tertiary/aromatic N) is 2. The van der Waals surface area contributed by atoms with Crippen LogP contribution in [0.4, 0.5) is 0 Å². The number of likely N-dealkylation sites (N-methyl/N-ethyl adjacent to an activating group) is 1. The Bertz CT molecular complexity index is 1200. The Labute approximate surface area is 283 Å². The molecule has 0 amide bonds. The molecule has 0 saturated heterocycles. The Hall–Kier alpha value is -2.23. The van der Waals surface area contributed by atoms with Gasteiger partial charge in [0.1, 0.15) is 19.8 Å². The van der Waals surface area contributed by atoms with E-state index in [9.17, 15) is 19.0 Å². The van der Waals surface area contributed by atoms with E-state index in [1.54, 1.807) is 0 Å². The molecule has 0 aliphatic carbocycles. The molecule has 1 N–H and O–H groups in total. The van der Waals surface area contributed by atoms with E-state index in [1.165, 1.54) is 49.4 Å². The molecule has 2 rings (SSSR count). The number of aryl methyl sites for hydroxylation is 1. The van der Waals surface area contributed by atoms with Gasteiger partial charge in [-0.3, -0.25) is 18.6 Å². The number of rotatable bonds is 28. The average molecular weight is 682 g/mol. The molecular weight excluding hydrogens is 619 g/mol. The normalized spacial score (nSPS) is 13.8. The zero-order valence-corrected chi connectivity index (χ0v) is 30.4. The third-order valence-corrected chi connectivity index (χ3v) is 9.10. The fourth-order valence-corrected chi connectivity index (χ4v) is 6.00. The summed E-state index contributed by atoms with van der Waals surface area (Å²) in [6, 6.07) is 10.5. The SMILES string of the molecule is CCCCCCCCCCCC(=O)OC[C@H](COP(=O)(O)OCC[N+](C)(C)C)OC(=O)CCCCCCCn1ccc2ccccc21. The summed E-state index contributed by atoms with van der Waals surface area (Å²) >= 11 is 0. The van der Waals surface area contributed by atoms with E-state index < -0.39 is 26.5 Å². The number of carbonyl (C=O) groups is 2. The van der Waals surface area contributed by atoms with E-state index in [2.05, 4.69) is 42.0 Å². The second-order valence-corrected chi connectivity index (χ2v) is 15.0. The molecule has 1 aromatic carbocycles. The van der Waals surface area contributed by atoms with Gasteiger partial charge in [-0.15, -0.1) is 0 Å². The van der Waals surface area contributed by atoms with Crippen molar-refractivity contribution in [3.8, 4) is 0 Å². The first-order valence-electron chi connectivity index (χ1n) is 17.8. The van der Waals surface area contributed by atoms with E-state index >= 15 is 0 Å². The molecule has 1 aromatic heterocycles. The smallest absolute Gasteiger partial charge is 0.462 e. The maximum absolute atomic E-state index is 12.6. The molecule has 1 unspecified atom stereocenters. The molecule has 0 aliphatic heterocycles. The van der Waals surface area contributed by atoms with E-state index in [0.717, 1.165) is 51.5 Å². The third-order valence-electron chi connectivity index (χ3n) is 8.11. The van der Waals surface area contributed by atoms with Gasteiger partial charge in [-0.1, -0.05) is 95.8 Å². The predicted molar refractivity (Wildman–Crippen MR) is 187 cm³/mol. The molecule has 268 valence electrons. The quantitative estimate of drug-likeness (QED) is 0.0414. The number of aromatic nitrogens is 1. The van der Waals surface area contributed by atoms with Crippen LogP contribution >= 0.6 is 7.82 Å². The van der Waals surface area contributed by atoms with Crippen molar-refractivity contribution >= 4 is 30.7 Å². The second kappa shape index (κ2) is 23.2. The lowest BCUT2D eigenvalue weighted by Crippen LogP contribution is -2.37. The zero-order valence-electron chi connectivity index (χ0n) is 29.5. The van der Waals surface area contributed by atoms with Crippen molar-refractivity contribution in [2.45, 2.75) is 122 Å². The van der Waals surface area contributed by atoms with Crippen LogP contribution in [0.3, 0.4) is 0 Å². The monoisotopic (exact) mass is 681 g/mol. The number of para-hydroxylation sites is 1. The number of fused-ring (bicyclic) bond motifs is 1. The first-order chi connectivity index (χ1) is 22.5. The van der Waals surface area contributed by atoms with Gasteiger partial charge in [0.25, 0.3) is 0 Å². The molecule has 11 heteroatoms. The average Bonchev–Trinajstić information content (AvgIpc) is 3.43. The first-order valence-corrected chi connectivity index (χ1v) is 19.3. The van der Waals surface area contributed by atoms with Crippen LogP contribution < -0.4 is 0 Å². The van der Waals surface area contributed by atoms with Crippen LogP contribution in [0.5, 0.6) is 0 Å². The molecule has 1 heterocycles. The number of esters is 2. The topological polar surface area (TPSA) is 113 Å². The largest absolute Gasteiger partial charge is 0.472 e. The van der Waals surface area contributed by atoms with Gasteiger partial charge in [-0.25, -0.2) is 4.57 Å². The van der Waals surface area contributed by atoms with Crippen molar-refractivity contribution in [2.24, 2.45) is 0 Å². The van der Waals surface area contributed by atoms with Crippen molar-refractivity contribution in [2.75, 3.05) is 47.5 Å². The molecule has 0 fully saturated rings. The van der Waals surface area contributed by atoms with Crippen LogP contribution in [-0.4, -0.2) is 79.5 Å². The molecule has 0 spiro atoms. The van der Waals surface area contributed by atoms with Gasteiger partial charge in [-0.05, 0) is 36.8 Å². The molecular formula is C36H62N2O8P+. The highest BCUT2D eigenvalue weighted by molar-refractivity contribution is 7.47. The van der Waals surface area contributed by atoms with Crippen LogP contribution in [0, 0.1) is 0 Å². The second-order valence-electron chi connectivity index (χ2n) is 13.6. The lowest BCUT2D eigenvalue weighted by Gasteiger charge is -2.24. The maximum Gasteiger partial charge on any atom is 0.472 e. The number of phosphoric ester groups is 1. The van der Waals surface area contributed by atoms with Gasteiger partial charge in [0.2, 0.25) is 0 Å². The summed E-state index contributed by atoms with van der Waals surface area (Å²) in [4.78, 5) is 35.2. The van der Waals surface area contributed by atoms with Gasteiger partial charge in [-0.2, -0.15) is 0 Å². The Balaban J connectivity index is 1.70. The Morgan fingerprint density at radius 2 is 1.38 bits per heavy atom. The number of ether oxygens (including phenoxy) is 2. The lowest BCUT2D eigenvalue weighted by atomic mass is 10.1. The van der Waals surface area contributed by atoms with E-state index in [1.807, 2.05) is 27.2 Å². The summed E-state index contributed by atoms with van der Waals surface area (Å²) < 4.78 is 36.4. The van der Waals surface area contributed by atoms with E-state index in [0.29, 0.717) is 17.4 Å². The van der Waals surface area contributed by atoms with Crippen molar-refractivity contribution in [3.05, 3.63) is 36.5 Å². The Kier molecular flexibility index (Phi) is 20.2. The molecule has 0 aliphatic rings. The molecule has 10 nitrogen and oxygen atoms in total. The third kappa shape index (κ3) is 20.0. The minimum atomic E-state index is -4.37. The van der Waals surface area contributed by atoms with Crippen molar-refractivity contribution < 1.29 is 42.1 Å². The number of phosphoric acid groups is 1. The van der Waals surface area contributed by atoms with Crippen LogP contribution in [0.1, 0.15) is 110 Å². The molecule has 2 atom stereocenters. The van der Waals surface area contributed by atoms with Crippen LogP contribution in [0.25, 0.3) is 10.9 Å².